The highest BCUT2D eigenvalue weighted by atomic mass is 32.1. The summed E-state index contributed by atoms with van der Waals surface area (Å²) in [4.78, 5) is 4.81. The van der Waals surface area contributed by atoms with Crippen LogP contribution in [0.5, 0.6) is 0 Å². The summed E-state index contributed by atoms with van der Waals surface area (Å²) in [6, 6.07) is 0. The zero-order chi connectivity index (χ0) is 12.0. The molecule has 0 fully saturated rings. The highest BCUT2D eigenvalue weighted by Gasteiger charge is 2.10. The molecule has 1 aromatic rings. The summed E-state index contributed by atoms with van der Waals surface area (Å²) in [5.74, 6) is 1.10. The van der Waals surface area contributed by atoms with Crippen LogP contribution in [0.25, 0.3) is 0 Å². The minimum atomic E-state index is 0.530. The van der Waals surface area contributed by atoms with Crippen LogP contribution in [-0.2, 0) is 4.84 Å². The Labute approximate surface area is 101 Å². The number of nitrogens with zero attached hydrogens (tertiary/aromatic N) is 3. The topological polar surface area (TPSA) is 47.4 Å². The van der Waals surface area contributed by atoms with E-state index in [9.17, 15) is 0 Å². The maximum Gasteiger partial charge on any atom is 0.122 e. The van der Waals surface area contributed by atoms with Crippen LogP contribution in [0.15, 0.2) is 10.7 Å². The summed E-state index contributed by atoms with van der Waals surface area (Å²) in [7, 11) is 0. The van der Waals surface area contributed by atoms with E-state index in [4.69, 9.17) is 4.84 Å². The summed E-state index contributed by atoms with van der Waals surface area (Å²) in [6.07, 6.45) is 1.03. The van der Waals surface area contributed by atoms with E-state index >= 15 is 0 Å². The predicted octanol–water partition coefficient (Wildman–Crippen LogP) is 3.08. The maximum atomic E-state index is 4.81. The molecule has 0 atom stereocenters. The first-order valence-corrected chi connectivity index (χ1v) is 6.44. The molecule has 0 bridgehead atoms. The van der Waals surface area contributed by atoms with E-state index in [2.05, 4.69) is 43.0 Å². The SMILES string of the molecule is CC(C)C1=NOCC1.CC(C)c1nncs1. The highest BCUT2D eigenvalue weighted by Crippen LogP contribution is 2.13. The fourth-order valence-corrected chi connectivity index (χ4v) is 1.72. The Morgan fingerprint density at radius 3 is 2.25 bits per heavy atom. The smallest absolute Gasteiger partial charge is 0.122 e. The standard InChI is InChI=1S/C6H11NO.C5H8N2S/c1-5(2)6-3-4-8-7-6;1-4(2)5-7-6-3-8-5/h5H,3-4H2,1-2H3;3-4H,1-2H3. The Bertz CT molecular complexity index is 320. The van der Waals surface area contributed by atoms with Gasteiger partial charge >= 0.3 is 0 Å². The van der Waals surface area contributed by atoms with Gasteiger partial charge in [-0.25, -0.2) is 0 Å². The number of aromatic nitrogens is 2. The second-order valence-corrected chi connectivity index (χ2v) is 5.12. The number of rotatable bonds is 2. The van der Waals surface area contributed by atoms with Crippen molar-refractivity contribution in [3.05, 3.63) is 10.5 Å². The third kappa shape index (κ3) is 4.26. The fourth-order valence-electron chi connectivity index (χ4n) is 1.15. The lowest BCUT2D eigenvalue weighted by Crippen LogP contribution is -2.03. The molecule has 16 heavy (non-hydrogen) atoms. The molecular weight excluding hydrogens is 222 g/mol. The Kier molecular flexibility index (Phi) is 5.38. The van der Waals surface area contributed by atoms with Gasteiger partial charge in [0.15, 0.2) is 0 Å². The molecule has 0 aromatic carbocycles. The summed E-state index contributed by atoms with van der Waals surface area (Å²) in [5.41, 5.74) is 2.96. The van der Waals surface area contributed by atoms with Gasteiger partial charge < -0.3 is 4.84 Å². The van der Waals surface area contributed by atoms with E-state index in [0.717, 1.165) is 18.0 Å². The maximum absolute atomic E-state index is 4.81. The van der Waals surface area contributed by atoms with E-state index < -0.39 is 0 Å². The number of hydrogen-bond donors (Lipinski definition) is 0. The molecular formula is C11H19N3OS. The van der Waals surface area contributed by atoms with Crippen molar-refractivity contribution >= 4 is 17.0 Å². The normalized spacial score (nSPS) is 14.5. The summed E-state index contributed by atoms with van der Waals surface area (Å²) >= 11 is 1.61. The zero-order valence-corrected chi connectivity index (χ0v) is 11.1. The molecule has 5 heteroatoms. The van der Waals surface area contributed by atoms with Crippen molar-refractivity contribution in [2.24, 2.45) is 11.1 Å². The van der Waals surface area contributed by atoms with Gasteiger partial charge in [-0.05, 0) is 5.92 Å². The van der Waals surface area contributed by atoms with E-state index in [1.54, 1.807) is 16.8 Å². The van der Waals surface area contributed by atoms with Gasteiger partial charge in [0.2, 0.25) is 0 Å². The van der Waals surface area contributed by atoms with Gasteiger partial charge in [-0.3, -0.25) is 0 Å². The zero-order valence-electron chi connectivity index (χ0n) is 10.3. The third-order valence-corrected chi connectivity index (χ3v) is 3.16. The van der Waals surface area contributed by atoms with Crippen molar-refractivity contribution < 1.29 is 4.84 Å². The molecule has 2 heterocycles. The van der Waals surface area contributed by atoms with Gasteiger partial charge in [0.1, 0.15) is 17.1 Å². The van der Waals surface area contributed by atoms with Crippen molar-refractivity contribution in [3.63, 3.8) is 0 Å². The lowest BCUT2D eigenvalue weighted by molar-refractivity contribution is 0.173. The van der Waals surface area contributed by atoms with Gasteiger partial charge in [-0.1, -0.05) is 32.9 Å². The Morgan fingerprint density at radius 2 is 2.00 bits per heavy atom. The Morgan fingerprint density at radius 1 is 1.25 bits per heavy atom. The fraction of sp³-hybridized carbons (Fsp3) is 0.727. The Hall–Kier alpha value is -0.970. The minimum Gasteiger partial charge on any atom is -0.395 e. The summed E-state index contributed by atoms with van der Waals surface area (Å²) < 4.78 is 0. The monoisotopic (exact) mass is 241 g/mol. The van der Waals surface area contributed by atoms with Crippen LogP contribution in [0.4, 0.5) is 0 Å². The van der Waals surface area contributed by atoms with Crippen LogP contribution < -0.4 is 0 Å². The van der Waals surface area contributed by atoms with Crippen LogP contribution in [0.2, 0.25) is 0 Å². The lowest BCUT2D eigenvalue weighted by Gasteiger charge is -1.97. The highest BCUT2D eigenvalue weighted by molar-refractivity contribution is 7.09. The Balaban J connectivity index is 0.000000160. The van der Waals surface area contributed by atoms with Crippen LogP contribution in [0.1, 0.15) is 45.0 Å². The van der Waals surface area contributed by atoms with Gasteiger partial charge in [-0.15, -0.1) is 21.5 Å². The molecule has 1 aromatic heterocycles. The first-order valence-electron chi connectivity index (χ1n) is 5.56. The predicted molar refractivity (Wildman–Crippen MR) is 66.8 cm³/mol. The van der Waals surface area contributed by atoms with Crippen molar-refractivity contribution in [2.45, 2.75) is 40.0 Å². The molecule has 90 valence electrons. The molecule has 0 saturated heterocycles. The molecule has 1 aliphatic heterocycles. The average molecular weight is 241 g/mol. The first kappa shape index (κ1) is 13.1. The molecule has 0 unspecified atom stereocenters. The van der Waals surface area contributed by atoms with E-state index in [0.29, 0.717) is 11.8 Å². The van der Waals surface area contributed by atoms with Gasteiger partial charge in [0.25, 0.3) is 0 Å². The minimum absolute atomic E-state index is 0.530. The number of oxime groups is 1. The second kappa shape index (κ2) is 6.58. The van der Waals surface area contributed by atoms with Crippen molar-refractivity contribution in [1.29, 1.82) is 0 Å². The molecule has 0 saturated carbocycles. The van der Waals surface area contributed by atoms with Crippen LogP contribution >= 0.6 is 11.3 Å². The molecule has 0 radical (unpaired) electrons. The van der Waals surface area contributed by atoms with Crippen LogP contribution in [0, 0.1) is 5.92 Å². The molecule has 0 N–H and O–H groups in total. The van der Waals surface area contributed by atoms with Crippen LogP contribution in [0.3, 0.4) is 0 Å². The first-order chi connectivity index (χ1) is 7.61. The van der Waals surface area contributed by atoms with Crippen molar-refractivity contribution in [3.8, 4) is 0 Å². The van der Waals surface area contributed by atoms with Gasteiger partial charge in [0.05, 0.1) is 5.71 Å². The van der Waals surface area contributed by atoms with Crippen LogP contribution in [-0.4, -0.2) is 22.5 Å². The molecule has 0 amide bonds. The van der Waals surface area contributed by atoms with Gasteiger partial charge in [0, 0.05) is 12.3 Å². The van der Waals surface area contributed by atoms with Crippen molar-refractivity contribution in [1.82, 2.24) is 10.2 Å². The molecule has 1 aliphatic rings. The lowest BCUT2D eigenvalue weighted by atomic mass is 10.1. The van der Waals surface area contributed by atoms with Crippen molar-refractivity contribution in [2.75, 3.05) is 6.61 Å². The third-order valence-electron chi connectivity index (χ3n) is 2.17. The van der Waals surface area contributed by atoms with E-state index in [-0.39, 0.29) is 0 Å². The summed E-state index contributed by atoms with van der Waals surface area (Å²) in [6.45, 7) is 9.27. The summed E-state index contributed by atoms with van der Waals surface area (Å²) in [5, 5.41) is 12.6. The largest absolute Gasteiger partial charge is 0.395 e. The van der Waals surface area contributed by atoms with Gasteiger partial charge in [-0.2, -0.15) is 0 Å². The van der Waals surface area contributed by atoms with E-state index in [1.807, 2.05) is 0 Å². The molecule has 4 nitrogen and oxygen atoms in total. The molecule has 2 rings (SSSR count). The second-order valence-electron chi connectivity index (χ2n) is 4.25. The van der Waals surface area contributed by atoms with E-state index in [1.165, 1.54) is 5.71 Å². The molecule has 0 aliphatic carbocycles. The average Bonchev–Trinajstić information content (AvgIpc) is 2.93. The number of hydrogen-bond acceptors (Lipinski definition) is 5. The quantitative estimate of drug-likeness (QED) is 0.799. The molecule has 0 spiro atoms.